The molecule has 1 rings (SSSR count). The van der Waals surface area contributed by atoms with Gasteiger partial charge in [0.15, 0.2) is 0 Å². The predicted molar refractivity (Wildman–Crippen MR) is 67.2 cm³/mol. The highest BCUT2D eigenvalue weighted by Gasteiger charge is 2.08. The third-order valence-electron chi connectivity index (χ3n) is 2.40. The molecule has 0 radical (unpaired) electrons. The van der Waals surface area contributed by atoms with Crippen LogP contribution in [0.5, 0.6) is 0 Å². The molecule has 1 aromatic heterocycles. The first-order valence-electron chi connectivity index (χ1n) is 5.75. The highest BCUT2D eigenvalue weighted by Crippen LogP contribution is 2.17. The van der Waals surface area contributed by atoms with Crippen molar-refractivity contribution in [3.8, 4) is 0 Å². The van der Waals surface area contributed by atoms with Crippen molar-refractivity contribution in [2.24, 2.45) is 17.6 Å². The van der Waals surface area contributed by atoms with E-state index in [0.29, 0.717) is 11.8 Å². The molecule has 0 amide bonds. The average molecular weight is 226 g/mol. The molecule has 1 aromatic rings. The fraction of sp³-hybridized carbons (Fsp3) is 0.750. The van der Waals surface area contributed by atoms with Crippen LogP contribution in [0.3, 0.4) is 0 Å². The quantitative estimate of drug-likeness (QED) is 0.810. The lowest BCUT2D eigenvalue weighted by molar-refractivity contribution is 0.535. The standard InChI is InChI=1S/C12H22N2S/c1-9(2)6-11-8-15-12(14-11)7-10(3)4-5-13/h8-10H,4-7,13H2,1-3H3. The van der Waals surface area contributed by atoms with Gasteiger partial charge in [-0.05, 0) is 31.2 Å². The third-order valence-corrected chi connectivity index (χ3v) is 3.32. The molecule has 1 atom stereocenters. The second kappa shape index (κ2) is 6.23. The zero-order valence-electron chi connectivity index (χ0n) is 9.99. The second-order valence-corrected chi connectivity index (χ2v) is 5.66. The monoisotopic (exact) mass is 226 g/mol. The molecule has 2 N–H and O–H groups in total. The summed E-state index contributed by atoms with van der Waals surface area (Å²) in [7, 11) is 0. The van der Waals surface area contributed by atoms with E-state index in [4.69, 9.17) is 5.73 Å². The summed E-state index contributed by atoms with van der Waals surface area (Å²) in [6, 6.07) is 0. The summed E-state index contributed by atoms with van der Waals surface area (Å²) < 4.78 is 0. The Morgan fingerprint density at radius 2 is 2.07 bits per heavy atom. The Kier molecular flexibility index (Phi) is 5.26. The van der Waals surface area contributed by atoms with Crippen LogP contribution in [0.2, 0.25) is 0 Å². The lowest BCUT2D eigenvalue weighted by atomic mass is 10.0. The molecule has 2 nitrogen and oxygen atoms in total. The minimum absolute atomic E-state index is 0.660. The molecule has 0 bridgehead atoms. The van der Waals surface area contributed by atoms with Gasteiger partial charge in [0.25, 0.3) is 0 Å². The highest BCUT2D eigenvalue weighted by molar-refractivity contribution is 7.09. The molecular weight excluding hydrogens is 204 g/mol. The zero-order chi connectivity index (χ0) is 11.3. The number of aromatic nitrogens is 1. The van der Waals surface area contributed by atoms with Gasteiger partial charge in [0.1, 0.15) is 0 Å². The summed E-state index contributed by atoms with van der Waals surface area (Å²) in [4.78, 5) is 4.65. The van der Waals surface area contributed by atoms with Crippen LogP contribution in [0.1, 0.15) is 37.9 Å². The van der Waals surface area contributed by atoms with Crippen LogP contribution in [0.4, 0.5) is 0 Å². The summed E-state index contributed by atoms with van der Waals surface area (Å²) in [5, 5.41) is 3.47. The van der Waals surface area contributed by atoms with Crippen molar-refractivity contribution in [2.45, 2.75) is 40.0 Å². The van der Waals surface area contributed by atoms with Gasteiger partial charge in [-0.1, -0.05) is 20.8 Å². The number of rotatable bonds is 6. The van der Waals surface area contributed by atoms with E-state index in [2.05, 4.69) is 31.1 Å². The molecule has 1 heterocycles. The Balaban J connectivity index is 2.45. The molecule has 0 aromatic carbocycles. The molecule has 0 saturated heterocycles. The zero-order valence-corrected chi connectivity index (χ0v) is 10.8. The predicted octanol–water partition coefficient (Wildman–Crippen LogP) is 2.87. The van der Waals surface area contributed by atoms with Crippen molar-refractivity contribution in [3.63, 3.8) is 0 Å². The number of hydrogen-bond donors (Lipinski definition) is 1. The first kappa shape index (κ1) is 12.7. The molecule has 3 heteroatoms. The van der Waals surface area contributed by atoms with Crippen LogP contribution in [0, 0.1) is 11.8 Å². The summed E-state index contributed by atoms with van der Waals surface area (Å²) in [5.41, 5.74) is 6.79. The van der Waals surface area contributed by atoms with E-state index in [9.17, 15) is 0 Å². The Morgan fingerprint density at radius 1 is 1.33 bits per heavy atom. The lowest BCUT2D eigenvalue weighted by Crippen LogP contribution is -2.08. The van der Waals surface area contributed by atoms with Crippen molar-refractivity contribution >= 4 is 11.3 Å². The van der Waals surface area contributed by atoms with E-state index >= 15 is 0 Å². The maximum atomic E-state index is 5.54. The molecule has 0 aliphatic heterocycles. The van der Waals surface area contributed by atoms with Crippen LogP contribution in [0.25, 0.3) is 0 Å². The van der Waals surface area contributed by atoms with Crippen molar-refractivity contribution < 1.29 is 0 Å². The molecule has 0 fully saturated rings. The van der Waals surface area contributed by atoms with E-state index in [0.717, 1.165) is 25.8 Å². The fourth-order valence-electron chi connectivity index (χ4n) is 1.64. The Hall–Kier alpha value is -0.410. The molecule has 0 aliphatic rings. The average Bonchev–Trinajstić information content (AvgIpc) is 2.51. The van der Waals surface area contributed by atoms with Gasteiger partial charge in [0.05, 0.1) is 10.7 Å². The molecule has 0 spiro atoms. The van der Waals surface area contributed by atoms with E-state index in [1.54, 1.807) is 11.3 Å². The van der Waals surface area contributed by atoms with E-state index in [1.165, 1.54) is 10.7 Å². The Morgan fingerprint density at radius 3 is 2.67 bits per heavy atom. The van der Waals surface area contributed by atoms with Crippen LogP contribution < -0.4 is 5.73 Å². The number of hydrogen-bond acceptors (Lipinski definition) is 3. The first-order chi connectivity index (χ1) is 7.11. The van der Waals surface area contributed by atoms with E-state index < -0.39 is 0 Å². The van der Waals surface area contributed by atoms with Crippen molar-refractivity contribution in [3.05, 3.63) is 16.1 Å². The van der Waals surface area contributed by atoms with E-state index in [1.807, 2.05) is 0 Å². The normalized spacial score (nSPS) is 13.4. The van der Waals surface area contributed by atoms with Crippen LogP contribution in [-0.4, -0.2) is 11.5 Å². The van der Waals surface area contributed by atoms with E-state index in [-0.39, 0.29) is 0 Å². The van der Waals surface area contributed by atoms with Gasteiger partial charge >= 0.3 is 0 Å². The molecule has 0 saturated carbocycles. The number of nitrogens with two attached hydrogens (primary N) is 1. The lowest BCUT2D eigenvalue weighted by Gasteiger charge is -2.06. The smallest absolute Gasteiger partial charge is 0.0930 e. The largest absolute Gasteiger partial charge is 0.330 e. The van der Waals surface area contributed by atoms with Crippen LogP contribution >= 0.6 is 11.3 Å². The van der Waals surface area contributed by atoms with Gasteiger partial charge in [0.2, 0.25) is 0 Å². The second-order valence-electron chi connectivity index (χ2n) is 4.72. The van der Waals surface area contributed by atoms with Crippen LogP contribution in [0.15, 0.2) is 5.38 Å². The summed E-state index contributed by atoms with van der Waals surface area (Å²) >= 11 is 1.79. The van der Waals surface area contributed by atoms with Crippen molar-refractivity contribution in [1.82, 2.24) is 4.98 Å². The summed E-state index contributed by atoms with van der Waals surface area (Å²) in [6.07, 6.45) is 3.28. The summed E-state index contributed by atoms with van der Waals surface area (Å²) in [5.74, 6) is 1.36. The van der Waals surface area contributed by atoms with Crippen molar-refractivity contribution in [2.75, 3.05) is 6.54 Å². The topological polar surface area (TPSA) is 38.9 Å². The summed E-state index contributed by atoms with van der Waals surface area (Å²) in [6.45, 7) is 7.49. The van der Waals surface area contributed by atoms with Gasteiger partial charge in [-0.15, -0.1) is 11.3 Å². The molecular formula is C12H22N2S. The highest BCUT2D eigenvalue weighted by atomic mass is 32.1. The SMILES string of the molecule is CC(C)Cc1csc(CC(C)CCN)n1. The first-order valence-corrected chi connectivity index (χ1v) is 6.63. The molecule has 86 valence electrons. The van der Waals surface area contributed by atoms with Gasteiger partial charge in [0, 0.05) is 11.8 Å². The maximum absolute atomic E-state index is 5.54. The molecule has 0 aliphatic carbocycles. The van der Waals surface area contributed by atoms with Gasteiger partial charge in [-0.25, -0.2) is 4.98 Å². The maximum Gasteiger partial charge on any atom is 0.0930 e. The third kappa shape index (κ3) is 4.76. The Labute approximate surface area is 96.9 Å². The minimum Gasteiger partial charge on any atom is -0.330 e. The van der Waals surface area contributed by atoms with Gasteiger partial charge in [-0.3, -0.25) is 0 Å². The Bertz CT molecular complexity index is 281. The fourth-order valence-corrected chi connectivity index (χ4v) is 2.61. The van der Waals surface area contributed by atoms with Crippen molar-refractivity contribution in [1.29, 1.82) is 0 Å². The minimum atomic E-state index is 0.660. The molecule has 1 unspecified atom stereocenters. The number of nitrogens with zero attached hydrogens (tertiary/aromatic N) is 1. The number of thiazole rings is 1. The van der Waals surface area contributed by atoms with Gasteiger partial charge in [-0.2, -0.15) is 0 Å². The molecule has 15 heavy (non-hydrogen) atoms. The van der Waals surface area contributed by atoms with Crippen LogP contribution in [-0.2, 0) is 12.8 Å². The van der Waals surface area contributed by atoms with Gasteiger partial charge < -0.3 is 5.73 Å².